The molecule has 0 radical (unpaired) electrons. The second-order valence-electron chi connectivity index (χ2n) is 27.0. The molecule has 0 spiro atoms. The monoisotopic (exact) mass is 1550 g/mol. The van der Waals surface area contributed by atoms with Crippen LogP contribution in [0.2, 0.25) is 0 Å². The Kier molecular flexibility index (Phi) is 30.8. The summed E-state index contributed by atoms with van der Waals surface area (Å²) >= 11 is 0. The first-order chi connectivity index (χ1) is 50.1. The van der Waals surface area contributed by atoms with Crippen molar-refractivity contribution in [3.05, 3.63) is 0 Å². The topological polar surface area (TPSA) is 730 Å². The molecule has 0 aromatic heterocycles. The van der Waals surface area contributed by atoms with Crippen LogP contribution in [0.25, 0.3) is 0 Å². The highest BCUT2D eigenvalue weighted by atomic mass is 16.8. The molecule has 3 amide bonds. The van der Waals surface area contributed by atoms with Gasteiger partial charge in [0.25, 0.3) is 0 Å². The molecular formula is C59H99N3O44. The fourth-order valence-electron chi connectivity index (χ4n) is 13.7. The van der Waals surface area contributed by atoms with Crippen molar-refractivity contribution in [2.45, 2.75) is 298 Å². The highest BCUT2D eigenvalue weighted by Crippen LogP contribution is 2.40. The van der Waals surface area contributed by atoms with Crippen molar-refractivity contribution in [3.63, 3.8) is 0 Å². The lowest BCUT2D eigenvalue weighted by molar-refractivity contribution is -0.405. The van der Waals surface area contributed by atoms with E-state index in [1.807, 2.05) is 0 Å². The number of carbonyl (C=O) groups excluding carboxylic acids is 3. The second kappa shape index (κ2) is 37.6. The van der Waals surface area contributed by atoms with E-state index >= 15 is 0 Å². The predicted octanol–water partition coefficient (Wildman–Crippen LogP) is -18.5. The molecular weight excluding hydrogens is 1450 g/mol. The molecule has 0 aromatic carbocycles. The summed E-state index contributed by atoms with van der Waals surface area (Å²) in [7, 11) is 0. The first-order valence-corrected chi connectivity index (χ1v) is 33.9. The fraction of sp³-hybridized carbons (Fsp3) is 0.949. The lowest BCUT2D eigenvalue weighted by Crippen LogP contribution is -2.71. The number of aliphatic hydroxyl groups is 24. The Morgan fingerprint density at radius 2 is 0.670 bits per heavy atom. The summed E-state index contributed by atoms with van der Waals surface area (Å²) in [6.07, 6.45) is -83.0. The van der Waals surface area contributed by atoms with Gasteiger partial charge in [-0.2, -0.15) is 0 Å². The Hall–Kier alpha value is -3.23. The zero-order valence-electron chi connectivity index (χ0n) is 57.0. The SMILES string of the molecule is CC(=O)N[C@@H]1[C@@H](O[C@@H]2O[C@@H](C)[C@@H](O)[C@@H](O)[C@@H]2O)[C@H](O[C@@H]2O[C@H](CO)[C@@H](O[C@@H]3O[C@H](CO[C@H]4O[C@H](CO)[C@@H](O[C@@H]5O[C@H](CO)[C@@H](O)[C@H](O[C@@H]6O[C@H](CO)[C@H](O)[C@H](O)[C@H]6O)[C@H]5NC(C)=O)[C@H](O)[C@@H]4O)[C@@H](O)[C@H](O[C@H]4O[C@H](CO)[C@@H](O)[C@H](O)[C@@H]4O)[C@@H]3O[C@@H]3OC[C@@H](O)[C@H](O)[C@H]3O)[C@H](O)[C@H]2NC(C)=O)[C@@H](CO)O[C@H]1O. The molecule has 9 aliphatic rings. The molecule has 106 heavy (non-hydrogen) atoms. The van der Waals surface area contributed by atoms with E-state index in [0.29, 0.717) is 0 Å². The summed E-state index contributed by atoms with van der Waals surface area (Å²) in [5, 5.41) is 271. The molecule has 47 heteroatoms. The average molecular weight is 1550 g/mol. The minimum absolute atomic E-state index is 0.786. The highest BCUT2D eigenvalue weighted by Gasteiger charge is 2.61. The maximum Gasteiger partial charge on any atom is 0.217 e. The van der Waals surface area contributed by atoms with Gasteiger partial charge in [0.15, 0.2) is 56.6 Å². The van der Waals surface area contributed by atoms with Crippen molar-refractivity contribution in [2.24, 2.45) is 0 Å². The molecule has 614 valence electrons. The van der Waals surface area contributed by atoms with Gasteiger partial charge in [-0.1, -0.05) is 0 Å². The van der Waals surface area contributed by atoms with Crippen LogP contribution in [0.1, 0.15) is 27.7 Å². The minimum atomic E-state index is -2.41. The Bertz CT molecular complexity index is 2760. The molecule has 9 fully saturated rings. The number of ether oxygens (including phenoxy) is 17. The van der Waals surface area contributed by atoms with Crippen molar-refractivity contribution >= 4 is 17.7 Å². The molecule has 9 rings (SSSR count). The van der Waals surface area contributed by atoms with Crippen LogP contribution < -0.4 is 16.0 Å². The molecule has 9 saturated heterocycles. The van der Waals surface area contributed by atoms with Gasteiger partial charge in [-0.05, 0) is 6.92 Å². The average Bonchev–Trinajstić information content (AvgIpc) is 0.764. The molecule has 9 aliphatic heterocycles. The van der Waals surface area contributed by atoms with Gasteiger partial charge in [-0.15, -0.1) is 0 Å². The summed E-state index contributed by atoms with van der Waals surface area (Å²) in [6, 6.07) is -5.50. The van der Waals surface area contributed by atoms with Gasteiger partial charge in [0.2, 0.25) is 17.7 Å². The van der Waals surface area contributed by atoms with Crippen molar-refractivity contribution in [2.75, 3.05) is 52.9 Å². The Morgan fingerprint density at radius 3 is 1.22 bits per heavy atom. The van der Waals surface area contributed by atoms with Crippen LogP contribution in [0.3, 0.4) is 0 Å². The molecule has 44 atom stereocenters. The van der Waals surface area contributed by atoms with Crippen LogP contribution in [-0.2, 0) is 94.9 Å². The molecule has 47 nitrogen and oxygen atoms in total. The summed E-state index contributed by atoms with van der Waals surface area (Å²) in [5.74, 6) is -2.68. The number of aliphatic hydroxyl groups excluding tert-OH is 24. The third-order valence-corrected chi connectivity index (χ3v) is 19.5. The molecule has 0 bridgehead atoms. The summed E-state index contributed by atoms with van der Waals surface area (Å²) < 4.78 is 101. The van der Waals surface area contributed by atoms with Crippen LogP contribution in [0.5, 0.6) is 0 Å². The van der Waals surface area contributed by atoms with Crippen molar-refractivity contribution in [1.29, 1.82) is 0 Å². The number of rotatable bonds is 26. The number of amides is 3. The van der Waals surface area contributed by atoms with Crippen molar-refractivity contribution in [1.82, 2.24) is 16.0 Å². The minimum Gasteiger partial charge on any atom is -0.394 e. The number of nitrogens with one attached hydrogen (secondary N) is 3. The van der Waals surface area contributed by atoms with Crippen molar-refractivity contribution < 1.29 is 217 Å². The van der Waals surface area contributed by atoms with E-state index in [2.05, 4.69) is 16.0 Å². The summed E-state index contributed by atoms with van der Waals surface area (Å²) in [4.78, 5) is 38.7. The van der Waals surface area contributed by atoms with E-state index in [-0.39, 0.29) is 0 Å². The first kappa shape index (κ1) is 86.7. The molecule has 0 aromatic rings. The van der Waals surface area contributed by atoms with E-state index < -0.39 is 341 Å². The third kappa shape index (κ3) is 18.8. The largest absolute Gasteiger partial charge is 0.394 e. The normalized spacial score (nSPS) is 50.4. The van der Waals surface area contributed by atoms with Gasteiger partial charge in [0, 0.05) is 20.8 Å². The van der Waals surface area contributed by atoms with Crippen LogP contribution in [-0.4, -0.2) is 463 Å². The van der Waals surface area contributed by atoms with E-state index in [9.17, 15) is 137 Å². The number of carbonyl (C=O) groups is 3. The Balaban J connectivity index is 1.03. The van der Waals surface area contributed by atoms with Crippen molar-refractivity contribution in [3.8, 4) is 0 Å². The number of hydrogen-bond donors (Lipinski definition) is 27. The second-order valence-corrected chi connectivity index (χ2v) is 27.0. The third-order valence-electron chi connectivity index (χ3n) is 19.5. The molecule has 0 saturated carbocycles. The summed E-state index contributed by atoms with van der Waals surface area (Å²) in [6.45, 7) is -4.19. The van der Waals surface area contributed by atoms with Gasteiger partial charge in [-0.25, -0.2) is 0 Å². The molecule has 0 unspecified atom stereocenters. The standard InChI is InChI=1S/C59H99N3O44/c1-13-28(73)35(80)40(85)56(92-13)104-48-26(61-15(3)70)51(89)93-23(10-68)46(48)102-52-25(60-14(2)69)34(79)44(21(8-66)97-52)101-59-50(106-55-39(84)29(74)17(72)11-90-55)49(105-58-42(87)37(82)31(76)19(6-64)96-58)33(78)24(99-59)12-91-54-43(88)38(83)45(22(9-67)98-54)100-53-27(62-16(4)71)47(32(77)20(7-65)94-53)103-57-41(86)36(81)30(75)18(5-63)95-57/h13,17-59,63-68,72-89H,5-12H2,1-4H3,(H,60,69)(H,61,70)(H,62,71)/t13-,17+,18+,19+,20+,21+,22+,23+,24+,25+,26+,27+,28+,29-,30-,31+,32+,33+,34+,35+,36-,37-,38+,39+,40-,41+,42-,43-,44+,45+,46+,47+,48+,49-,50-,51+,52-,53-,54-,55-,56-,57-,58+,59-/m0/s1. The molecule has 9 heterocycles. The first-order valence-electron chi connectivity index (χ1n) is 33.9. The maximum atomic E-state index is 13.2. The molecule has 27 N–H and O–H groups in total. The maximum absolute atomic E-state index is 13.2. The van der Waals surface area contributed by atoms with Gasteiger partial charge in [0.05, 0.1) is 59.0 Å². The summed E-state index contributed by atoms with van der Waals surface area (Å²) in [5.41, 5.74) is 0. The Labute approximate surface area is 600 Å². The van der Waals surface area contributed by atoms with Gasteiger partial charge in [-0.3, -0.25) is 14.4 Å². The van der Waals surface area contributed by atoms with Gasteiger partial charge >= 0.3 is 0 Å². The lowest BCUT2D eigenvalue weighted by Gasteiger charge is -2.52. The van der Waals surface area contributed by atoms with Gasteiger partial charge in [0.1, 0.15) is 207 Å². The smallest absolute Gasteiger partial charge is 0.217 e. The van der Waals surface area contributed by atoms with Crippen LogP contribution in [0.15, 0.2) is 0 Å². The highest BCUT2D eigenvalue weighted by molar-refractivity contribution is 5.74. The molecule has 0 aliphatic carbocycles. The van der Waals surface area contributed by atoms with Crippen LogP contribution >= 0.6 is 0 Å². The Morgan fingerprint density at radius 1 is 0.302 bits per heavy atom. The zero-order valence-corrected chi connectivity index (χ0v) is 57.0. The quantitative estimate of drug-likeness (QED) is 0.0382. The van der Waals surface area contributed by atoms with E-state index in [4.69, 9.17) is 80.5 Å². The van der Waals surface area contributed by atoms with E-state index in [1.165, 1.54) is 6.92 Å². The zero-order chi connectivity index (χ0) is 77.9. The number of hydrogen-bond acceptors (Lipinski definition) is 44. The van der Waals surface area contributed by atoms with Gasteiger partial charge < -0.3 is 219 Å². The van der Waals surface area contributed by atoms with E-state index in [0.717, 1.165) is 20.8 Å². The fourth-order valence-corrected chi connectivity index (χ4v) is 13.7. The van der Waals surface area contributed by atoms with Crippen LogP contribution in [0, 0.1) is 0 Å². The van der Waals surface area contributed by atoms with Crippen LogP contribution in [0.4, 0.5) is 0 Å². The predicted molar refractivity (Wildman–Crippen MR) is 324 cm³/mol. The van der Waals surface area contributed by atoms with E-state index in [1.54, 1.807) is 0 Å². The lowest BCUT2D eigenvalue weighted by atomic mass is 9.93.